The number of pyridine rings is 2. The van der Waals surface area contributed by atoms with E-state index < -0.39 is 10.8 Å². The van der Waals surface area contributed by atoms with Crippen molar-refractivity contribution >= 4 is 76.3 Å². The van der Waals surface area contributed by atoms with Gasteiger partial charge in [-0.1, -0.05) is 315 Å². The highest BCUT2D eigenvalue weighted by Crippen LogP contribution is 2.65. The molecule has 0 radical (unpaired) electrons. The Morgan fingerprint density at radius 2 is 0.627 bits per heavy atom. The number of nitrogens with zero attached hydrogens (tertiary/aromatic N) is 7. The van der Waals surface area contributed by atoms with E-state index in [9.17, 15) is 0 Å². The van der Waals surface area contributed by atoms with Crippen molar-refractivity contribution in [1.82, 2.24) is 34.5 Å². The molecule has 0 N–H and O–H groups in total. The van der Waals surface area contributed by atoms with Crippen molar-refractivity contribution in [1.29, 1.82) is 0 Å². The Hall–Kier alpha value is -16.8. The second kappa shape index (κ2) is 27.9. The number of aromatic nitrogens is 7. The van der Waals surface area contributed by atoms with E-state index >= 15 is 0 Å². The van der Waals surface area contributed by atoms with Gasteiger partial charge in [-0.25, -0.2) is 29.9 Å². The predicted octanol–water partition coefficient (Wildman–Crippen LogP) is 28.8. The predicted molar refractivity (Wildman–Crippen MR) is 507 cm³/mol. The lowest BCUT2D eigenvalue weighted by molar-refractivity contribution is 0.437. The highest BCUT2D eigenvalue weighted by molar-refractivity contribution is 6.16. The minimum Gasteiger partial charge on any atom is -0.457 e. The molecule has 0 saturated carbocycles. The van der Waals surface area contributed by atoms with Crippen molar-refractivity contribution in [2.45, 2.75) is 10.8 Å². The van der Waals surface area contributed by atoms with Crippen molar-refractivity contribution < 1.29 is 13.9 Å². The summed E-state index contributed by atoms with van der Waals surface area (Å²) in [6.07, 6.45) is 0. The zero-order valence-corrected chi connectivity index (χ0v) is 67.7. The van der Waals surface area contributed by atoms with Crippen LogP contribution < -0.4 is 9.47 Å². The Morgan fingerprint density at radius 1 is 0.214 bits per heavy atom. The first kappa shape index (κ1) is 71.0. The fourth-order valence-corrected chi connectivity index (χ4v) is 20.8. The molecule has 5 aromatic heterocycles. The van der Waals surface area contributed by atoms with Crippen LogP contribution in [-0.2, 0) is 10.8 Å². The summed E-state index contributed by atoms with van der Waals surface area (Å²) in [5.41, 5.74) is 29.6. The molecule has 0 atom stereocenters. The summed E-state index contributed by atoms with van der Waals surface area (Å²) in [6, 6.07) is 148. The van der Waals surface area contributed by atoms with Gasteiger partial charge in [0, 0.05) is 88.1 Å². The monoisotopic (exact) mass is 1610 g/mol. The number of hydrogen-bond acceptors (Lipinski definition) is 9. The van der Waals surface area contributed by atoms with Crippen molar-refractivity contribution in [3.63, 3.8) is 0 Å². The topological polar surface area (TPSA) is 114 Å². The van der Waals surface area contributed by atoms with Gasteiger partial charge in [-0.15, -0.1) is 0 Å². The van der Waals surface area contributed by atoms with Gasteiger partial charge in [0.25, 0.3) is 0 Å². The molecule has 586 valence electrons. The minimum absolute atomic E-state index is 0.534. The van der Waals surface area contributed by atoms with Crippen molar-refractivity contribution in [2.24, 2.45) is 0 Å². The molecule has 4 aliphatic rings. The largest absolute Gasteiger partial charge is 0.457 e. The van der Waals surface area contributed by atoms with Gasteiger partial charge in [0.1, 0.15) is 40.0 Å². The third-order valence-corrected chi connectivity index (χ3v) is 26.2. The molecule has 2 aliphatic heterocycles. The lowest BCUT2D eigenvalue weighted by atomic mass is 9.65. The summed E-state index contributed by atoms with van der Waals surface area (Å²) in [7, 11) is 0. The van der Waals surface area contributed by atoms with E-state index in [-0.39, 0.29) is 0 Å². The smallest absolute Gasteiger partial charge is 0.167 e. The van der Waals surface area contributed by atoms with E-state index in [0.717, 1.165) is 189 Å². The van der Waals surface area contributed by atoms with E-state index in [1.54, 1.807) is 0 Å². The fourth-order valence-electron chi connectivity index (χ4n) is 20.8. The van der Waals surface area contributed by atoms with Crippen LogP contribution in [0.25, 0.3) is 183 Å². The molecular weight excluding hydrogens is 1540 g/mol. The third-order valence-electron chi connectivity index (χ3n) is 26.2. The van der Waals surface area contributed by atoms with Crippen LogP contribution in [-0.4, -0.2) is 34.5 Å². The molecule has 0 fully saturated rings. The number of fused-ring (bicyclic) bond motifs is 28. The zero-order chi connectivity index (χ0) is 82.7. The van der Waals surface area contributed by atoms with Crippen LogP contribution >= 0.6 is 0 Å². The van der Waals surface area contributed by atoms with Crippen LogP contribution in [0.5, 0.6) is 23.0 Å². The van der Waals surface area contributed by atoms with Gasteiger partial charge in [0.2, 0.25) is 0 Å². The summed E-state index contributed by atoms with van der Waals surface area (Å²) >= 11 is 0. The number of benzene rings is 18. The number of hydrogen-bond donors (Lipinski definition) is 0. The molecule has 7 heterocycles. The molecule has 2 spiro atoms. The lowest BCUT2D eigenvalue weighted by Crippen LogP contribution is -2.32. The Labute approximate surface area is 724 Å². The Balaban J connectivity index is 0.000000134. The number of rotatable bonds is 8. The van der Waals surface area contributed by atoms with E-state index in [0.29, 0.717) is 17.5 Å². The summed E-state index contributed by atoms with van der Waals surface area (Å²) in [4.78, 5) is 31.5. The molecule has 27 rings (SSSR count). The van der Waals surface area contributed by atoms with Gasteiger partial charge >= 0.3 is 0 Å². The number of para-hydroxylation sites is 7. The molecule has 0 amide bonds. The second-order valence-corrected chi connectivity index (χ2v) is 32.9. The van der Waals surface area contributed by atoms with Crippen LogP contribution in [0, 0.1) is 0 Å². The Bertz CT molecular complexity index is 8390. The van der Waals surface area contributed by atoms with Gasteiger partial charge in [-0.2, -0.15) is 0 Å². The van der Waals surface area contributed by atoms with E-state index in [1.807, 2.05) is 78.9 Å². The first-order chi connectivity index (χ1) is 62.4. The van der Waals surface area contributed by atoms with Gasteiger partial charge in [-0.3, -0.25) is 4.57 Å². The first-order valence-corrected chi connectivity index (χ1v) is 42.7. The van der Waals surface area contributed by atoms with E-state index in [4.69, 9.17) is 43.8 Å². The summed E-state index contributed by atoms with van der Waals surface area (Å²) in [5.74, 6) is 5.96. The Morgan fingerprint density at radius 3 is 1.18 bits per heavy atom. The number of imidazole rings is 1. The van der Waals surface area contributed by atoms with Gasteiger partial charge in [-0.05, 0) is 170 Å². The summed E-state index contributed by atoms with van der Waals surface area (Å²) in [6.45, 7) is 0. The van der Waals surface area contributed by atoms with Crippen molar-refractivity contribution in [3.8, 4) is 130 Å². The molecule has 0 unspecified atom stereocenters. The van der Waals surface area contributed by atoms with Gasteiger partial charge in [0.05, 0.1) is 49.8 Å². The molecule has 2 aliphatic carbocycles. The molecule has 126 heavy (non-hydrogen) atoms. The standard InChI is InChI=1S/C59H34N4O2.C57H35N3O/c1-3-16-35(17-4-1)54-45-34-53-49(59(48-27-12-14-29-52(48)64-53)46-25-10-7-20-38(46)39-21-8-11-26-47(39)59)33-43(45)44-32-37(30-31-50(44)60-54)57-61-56(36-18-5-2-6-19-36)62-58(63-57)42-24-15-23-41-40-22-9-13-28-51(40)65-55(41)42;1-3-15-37(16-4-1)55-45-35-54-49(57(48-23-11-14-26-53(48)61-54)46-21-9-7-19-41(46)42-20-8-10-22-47(42)57)34-43(45)44-33-39(31-32-50(44)58-55)36-27-29-38(30-28-36)56-59-51-24-12-13-25-52(51)60(56)40-17-5-2-6-18-40/h1-34H;1-35H. The molecule has 23 aromatic rings. The van der Waals surface area contributed by atoms with Crippen LogP contribution in [0.4, 0.5) is 0 Å². The normalized spacial score (nSPS) is 13.2. The molecule has 10 nitrogen and oxygen atoms in total. The first-order valence-electron chi connectivity index (χ1n) is 42.7. The van der Waals surface area contributed by atoms with Crippen LogP contribution in [0.15, 0.2) is 423 Å². The molecular formula is C116H69N7O3. The SMILES string of the molecule is c1ccc(-c2nc(-c3ccc4nc(-c5ccccc5)c5cc6c(cc5c4c3)C3(c4ccccc4O6)c4ccccc4-c4ccccc43)nc(-c3cccc4c3oc3ccccc34)n2)cc1.c1ccc(-c2nc3ccc(-c4ccc(-c5nc6ccccc6n5-c5ccccc5)cc4)cc3c3cc4c(cc23)Oc2ccccc2C42c3ccccc3-c3ccccc32)cc1. The maximum absolute atomic E-state index is 7.00. The quantitative estimate of drug-likeness (QED) is 0.137. The lowest BCUT2D eigenvalue weighted by Gasteiger charge is -2.39. The van der Waals surface area contributed by atoms with Crippen LogP contribution in [0.1, 0.15) is 44.5 Å². The molecule has 0 saturated heterocycles. The molecule has 0 bridgehead atoms. The average Bonchev–Trinajstić information content (AvgIpc) is 1.48. The molecule has 10 heteroatoms. The van der Waals surface area contributed by atoms with Gasteiger partial charge in [0.15, 0.2) is 17.5 Å². The maximum Gasteiger partial charge on any atom is 0.167 e. The zero-order valence-electron chi connectivity index (χ0n) is 67.7. The number of furan rings is 1. The second-order valence-electron chi connectivity index (χ2n) is 32.9. The molecule has 18 aromatic carbocycles. The fraction of sp³-hybridized carbons (Fsp3) is 0.0172. The van der Waals surface area contributed by atoms with Crippen LogP contribution in [0.2, 0.25) is 0 Å². The maximum atomic E-state index is 7.00. The highest BCUT2D eigenvalue weighted by atomic mass is 16.5. The van der Waals surface area contributed by atoms with Crippen LogP contribution in [0.3, 0.4) is 0 Å². The Kier molecular flexibility index (Phi) is 15.7. The van der Waals surface area contributed by atoms with E-state index in [2.05, 4.69) is 344 Å². The summed E-state index contributed by atoms with van der Waals surface area (Å²) < 4.78 is 22.7. The van der Waals surface area contributed by atoms with E-state index in [1.165, 1.54) is 44.5 Å². The third kappa shape index (κ3) is 10.6. The average molecular weight is 1610 g/mol. The van der Waals surface area contributed by atoms with Crippen molar-refractivity contribution in [2.75, 3.05) is 0 Å². The number of ether oxygens (including phenoxy) is 2. The minimum atomic E-state index is -0.628. The summed E-state index contributed by atoms with van der Waals surface area (Å²) in [5, 5.41) is 8.39. The highest BCUT2D eigenvalue weighted by Gasteiger charge is 2.53. The van der Waals surface area contributed by atoms with Gasteiger partial charge < -0.3 is 13.9 Å². The van der Waals surface area contributed by atoms with Crippen molar-refractivity contribution in [3.05, 3.63) is 463 Å².